The van der Waals surface area contributed by atoms with Crippen molar-refractivity contribution in [2.75, 3.05) is 12.4 Å². The number of carbonyl (C=O) groups excluding carboxylic acids is 2. The second-order valence-corrected chi connectivity index (χ2v) is 8.79. The predicted molar refractivity (Wildman–Crippen MR) is 120 cm³/mol. The van der Waals surface area contributed by atoms with E-state index in [0.717, 1.165) is 16.2 Å². The van der Waals surface area contributed by atoms with Crippen LogP contribution in [0, 0.1) is 10.1 Å². The van der Waals surface area contributed by atoms with Crippen molar-refractivity contribution in [3.63, 3.8) is 0 Å². The van der Waals surface area contributed by atoms with Gasteiger partial charge in [0, 0.05) is 17.0 Å². The number of nitro benzene ring substituents is 1. The first kappa shape index (κ1) is 22.7. The lowest BCUT2D eigenvalue weighted by atomic mass is 10.1. The van der Waals surface area contributed by atoms with Crippen molar-refractivity contribution >= 4 is 50.9 Å². The van der Waals surface area contributed by atoms with Gasteiger partial charge in [0.05, 0.1) is 28.2 Å². The minimum atomic E-state index is -0.508. The Kier molecular flexibility index (Phi) is 7.59. The molecule has 0 saturated heterocycles. The molecule has 8 nitrogen and oxygen atoms in total. The number of benzene rings is 2. The second-order valence-electron chi connectivity index (χ2n) is 6.44. The first-order valence-electron chi connectivity index (χ1n) is 9.64. The van der Waals surface area contributed by atoms with Crippen molar-refractivity contribution in [2.24, 2.45) is 4.99 Å². The van der Waals surface area contributed by atoms with Gasteiger partial charge < -0.3 is 9.30 Å². The number of carbonyl (C=O) groups is 2. The summed E-state index contributed by atoms with van der Waals surface area (Å²) in [6.45, 7) is 3.79. The number of rotatable bonds is 8. The van der Waals surface area contributed by atoms with E-state index in [2.05, 4.69) is 11.9 Å². The number of thiazole rings is 1. The second kappa shape index (κ2) is 10.4. The van der Waals surface area contributed by atoms with E-state index in [1.165, 1.54) is 28.0 Å². The SMILES string of the molecule is CCOC(=O)Cn1c(=NC(=O)Cc2ccc(SCC)cc2)sc2ccc([N+](=O)[O-])cc21. The van der Waals surface area contributed by atoms with Gasteiger partial charge in [0.25, 0.3) is 11.6 Å². The summed E-state index contributed by atoms with van der Waals surface area (Å²) in [5.74, 6) is 0.0965. The summed E-state index contributed by atoms with van der Waals surface area (Å²) < 4.78 is 7.18. The summed E-state index contributed by atoms with van der Waals surface area (Å²) in [4.78, 5) is 41.0. The van der Waals surface area contributed by atoms with Crippen LogP contribution in [0.2, 0.25) is 0 Å². The topological polar surface area (TPSA) is 104 Å². The third-order valence-corrected chi connectivity index (χ3v) is 6.23. The van der Waals surface area contributed by atoms with Crippen LogP contribution in [0.4, 0.5) is 5.69 Å². The monoisotopic (exact) mass is 459 g/mol. The molecule has 31 heavy (non-hydrogen) atoms. The van der Waals surface area contributed by atoms with Crippen LogP contribution in [-0.2, 0) is 27.3 Å². The Labute approximate surface area is 186 Å². The molecular weight excluding hydrogens is 438 g/mol. The molecule has 0 aliphatic rings. The maximum Gasteiger partial charge on any atom is 0.326 e. The van der Waals surface area contributed by atoms with Crippen LogP contribution >= 0.6 is 23.1 Å². The maximum atomic E-state index is 12.6. The highest BCUT2D eigenvalue weighted by atomic mass is 32.2. The Bertz CT molecular complexity index is 1180. The van der Waals surface area contributed by atoms with E-state index in [1.54, 1.807) is 24.8 Å². The zero-order valence-electron chi connectivity index (χ0n) is 17.1. The number of esters is 1. The number of hydrogen-bond donors (Lipinski definition) is 0. The number of thioether (sulfide) groups is 1. The first-order valence-corrected chi connectivity index (χ1v) is 11.4. The Morgan fingerprint density at radius 3 is 2.58 bits per heavy atom. The van der Waals surface area contributed by atoms with Gasteiger partial charge in [0.1, 0.15) is 6.54 Å². The third-order valence-electron chi connectivity index (χ3n) is 4.28. The number of hydrogen-bond acceptors (Lipinski definition) is 7. The fourth-order valence-corrected chi connectivity index (χ4v) is 4.62. The van der Waals surface area contributed by atoms with Crippen molar-refractivity contribution in [3.8, 4) is 0 Å². The molecule has 0 radical (unpaired) electrons. The highest BCUT2D eigenvalue weighted by Crippen LogP contribution is 2.23. The van der Waals surface area contributed by atoms with Gasteiger partial charge in [-0.05, 0) is 36.4 Å². The van der Waals surface area contributed by atoms with E-state index in [0.29, 0.717) is 15.0 Å². The fraction of sp³-hybridized carbons (Fsp3) is 0.286. The van der Waals surface area contributed by atoms with E-state index in [4.69, 9.17) is 4.74 Å². The summed E-state index contributed by atoms with van der Waals surface area (Å²) in [7, 11) is 0. The molecule has 10 heteroatoms. The normalized spacial score (nSPS) is 11.6. The van der Waals surface area contributed by atoms with Crippen LogP contribution < -0.4 is 4.80 Å². The average molecular weight is 460 g/mol. The number of non-ortho nitro benzene ring substituents is 1. The summed E-state index contributed by atoms with van der Waals surface area (Å²) in [5.41, 5.74) is 1.19. The molecule has 1 heterocycles. The summed E-state index contributed by atoms with van der Waals surface area (Å²) in [5, 5.41) is 11.2. The lowest BCUT2D eigenvalue weighted by Gasteiger charge is -2.05. The highest BCUT2D eigenvalue weighted by molar-refractivity contribution is 7.99. The van der Waals surface area contributed by atoms with Crippen LogP contribution in [0.15, 0.2) is 52.4 Å². The summed E-state index contributed by atoms with van der Waals surface area (Å²) >= 11 is 2.91. The van der Waals surface area contributed by atoms with Gasteiger partial charge in [0.2, 0.25) is 0 Å². The van der Waals surface area contributed by atoms with Crippen LogP contribution in [0.5, 0.6) is 0 Å². The maximum absolute atomic E-state index is 12.6. The number of aromatic nitrogens is 1. The largest absolute Gasteiger partial charge is 0.465 e. The number of ether oxygens (including phenoxy) is 1. The molecule has 3 aromatic rings. The molecule has 0 atom stereocenters. The first-order chi connectivity index (χ1) is 14.9. The van der Waals surface area contributed by atoms with Gasteiger partial charge in [-0.2, -0.15) is 4.99 Å². The van der Waals surface area contributed by atoms with E-state index in [1.807, 2.05) is 24.3 Å². The molecule has 1 aromatic heterocycles. The van der Waals surface area contributed by atoms with Crippen molar-refractivity contribution in [1.82, 2.24) is 4.57 Å². The van der Waals surface area contributed by atoms with Crippen molar-refractivity contribution < 1.29 is 19.2 Å². The Balaban J connectivity index is 1.96. The average Bonchev–Trinajstić information content (AvgIpc) is 3.06. The molecule has 0 saturated carbocycles. The molecule has 1 amide bonds. The van der Waals surface area contributed by atoms with Crippen LogP contribution in [0.3, 0.4) is 0 Å². The number of amides is 1. The minimum absolute atomic E-state index is 0.106. The quantitative estimate of drug-likeness (QED) is 0.219. The molecule has 3 rings (SSSR count). The molecule has 0 bridgehead atoms. The lowest BCUT2D eigenvalue weighted by molar-refractivity contribution is -0.384. The highest BCUT2D eigenvalue weighted by Gasteiger charge is 2.16. The van der Waals surface area contributed by atoms with Crippen molar-refractivity contribution in [1.29, 1.82) is 0 Å². The molecule has 0 fully saturated rings. The smallest absolute Gasteiger partial charge is 0.326 e. The van der Waals surface area contributed by atoms with Gasteiger partial charge >= 0.3 is 5.97 Å². The molecule has 2 aromatic carbocycles. The van der Waals surface area contributed by atoms with Gasteiger partial charge in [-0.3, -0.25) is 19.7 Å². The van der Waals surface area contributed by atoms with E-state index < -0.39 is 10.9 Å². The molecular formula is C21H21N3O5S2. The number of fused-ring (bicyclic) bond motifs is 1. The molecule has 0 aliphatic carbocycles. The Morgan fingerprint density at radius 2 is 1.94 bits per heavy atom. The summed E-state index contributed by atoms with van der Waals surface area (Å²) in [6, 6.07) is 12.1. The van der Waals surface area contributed by atoms with Crippen LogP contribution in [0.25, 0.3) is 10.2 Å². The Hall–Kier alpha value is -2.98. The Morgan fingerprint density at radius 1 is 1.19 bits per heavy atom. The van der Waals surface area contributed by atoms with E-state index in [9.17, 15) is 19.7 Å². The zero-order valence-corrected chi connectivity index (χ0v) is 18.7. The van der Waals surface area contributed by atoms with Crippen molar-refractivity contribution in [2.45, 2.75) is 31.7 Å². The zero-order chi connectivity index (χ0) is 22.4. The standard InChI is InChI=1S/C21H21N3O5S2/c1-3-29-20(26)13-23-17-12-15(24(27)28)7-10-18(17)31-21(23)22-19(25)11-14-5-8-16(9-6-14)30-4-2/h5-10,12H,3-4,11,13H2,1-2H3. The predicted octanol–water partition coefficient (Wildman–Crippen LogP) is 3.96. The molecule has 0 aliphatic heterocycles. The summed E-state index contributed by atoms with van der Waals surface area (Å²) in [6.07, 6.45) is 0.116. The number of nitro groups is 1. The van der Waals surface area contributed by atoms with Gasteiger partial charge in [-0.1, -0.05) is 30.4 Å². The minimum Gasteiger partial charge on any atom is -0.465 e. The molecule has 0 N–H and O–H groups in total. The lowest BCUT2D eigenvalue weighted by Crippen LogP contribution is -2.23. The van der Waals surface area contributed by atoms with E-state index >= 15 is 0 Å². The third kappa shape index (κ3) is 5.80. The molecule has 0 unspecified atom stereocenters. The van der Waals surface area contributed by atoms with Crippen molar-refractivity contribution in [3.05, 3.63) is 62.9 Å². The van der Waals surface area contributed by atoms with Crippen LogP contribution in [-0.4, -0.2) is 33.7 Å². The van der Waals surface area contributed by atoms with Gasteiger partial charge in [0.15, 0.2) is 4.80 Å². The molecule has 0 spiro atoms. The fourth-order valence-electron chi connectivity index (χ4n) is 2.94. The van der Waals surface area contributed by atoms with E-state index in [-0.39, 0.29) is 31.2 Å². The molecule has 162 valence electrons. The van der Waals surface area contributed by atoms with Gasteiger partial charge in [-0.25, -0.2) is 0 Å². The number of nitrogens with zero attached hydrogens (tertiary/aromatic N) is 3. The van der Waals surface area contributed by atoms with Crippen LogP contribution in [0.1, 0.15) is 19.4 Å². The van der Waals surface area contributed by atoms with Gasteiger partial charge in [-0.15, -0.1) is 11.8 Å².